The number of benzene rings is 1. The number of nitrogens with zero attached hydrogens (tertiary/aromatic N) is 3. The van der Waals surface area contributed by atoms with E-state index in [1.807, 2.05) is 14.0 Å². The van der Waals surface area contributed by atoms with Crippen molar-refractivity contribution in [2.45, 2.75) is 27.3 Å². The number of hydrogen-bond acceptors (Lipinski definition) is 3. The van der Waals surface area contributed by atoms with E-state index in [2.05, 4.69) is 46.9 Å². The van der Waals surface area contributed by atoms with Crippen LogP contribution in [0.15, 0.2) is 24.3 Å². The molecule has 4 heteroatoms. The van der Waals surface area contributed by atoms with Crippen molar-refractivity contribution in [1.82, 2.24) is 9.97 Å². The summed E-state index contributed by atoms with van der Waals surface area (Å²) < 4.78 is 0. The summed E-state index contributed by atoms with van der Waals surface area (Å²) in [6, 6.07) is 8.18. The molecule has 1 aromatic carbocycles. The van der Waals surface area contributed by atoms with Crippen molar-refractivity contribution in [2.75, 3.05) is 11.9 Å². The normalized spacial score (nSPS) is 10.6. The van der Waals surface area contributed by atoms with Crippen molar-refractivity contribution in [3.63, 3.8) is 0 Å². The van der Waals surface area contributed by atoms with E-state index in [1.54, 1.807) is 6.07 Å². The van der Waals surface area contributed by atoms with E-state index in [-0.39, 0.29) is 0 Å². The summed E-state index contributed by atoms with van der Waals surface area (Å²) in [4.78, 5) is 10.8. The van der Waals surface area contributed by atoms with Gasteiger partial charge in [0.2, 0.25) is 0 Å². The number of anilines is 1. The van der Waals surface area contributed by atoms with E-state index in [1.165, 1.54) is 16.8 Å². The van der Waals surface area contributed by atoms with Gasteiger partial charge in [-0.2, -0.15) is 0 Å². The summed E-state index contributed by atoms with van der Waals surface area (Å²) in [7, 11) is 2.04. The average molecular weight is 276 g/mol. The van der Waals surface area contributed by atoms with Crippen molar-refractivity contribution in [3.05, 3.63) is 52.1 Å². The molecule has 2 rings (SSSR count). The summed E-state index contributed by atoms with van der Waals surface area (Å²) in [5, 5.41) is 0.497. The van der Waals surface area contributed by atoms with E-state index in [0.29, 0.717) is 11.7 Å². The molecule has 19 heavy (non-hydrogen) atoms. The minimum Gasteiger partial charge on any atom is -0.367 e. The van der Waals surface area contributed by atoms with Gasteiger partial charge in [-0.3, -0.25) is 0 Å². The molecule has 0 aliphatic heterocycles. The predicted molar refractivity (Wildman–Crippen MR) is 79.8 cm³/mol. The Hall–Kier alpha value is -1.61. The van der Waals surface area contributed by atoms with Gasteiger partial charge < -0.3 is 4.90 Å². The van der Waals surface area contributed by atoms with Gasteiger partial charge >= 0.3 is 0 Å². The molecule has 100 valence electrons. The van der Waals surface area contributed by atoms with Crippen LogP contribution >= 0.6 is 11.6 Å². The van der Waals surface area contributed by atoms with Gasteiger partial charge in [0, 0.05) is 18.4 Å². The summed E-state index contributed by atoms with van der Waals surface area (Å²) in [6.07, 6.45) is 0. The summed E-state index contributed by atoms with van der Waals surface area (Å²) >= 11 is 5.96. The van der Waals surface area contributed by atoms with Gasteiger partial charge in [-0.05, 0) is 38.5 Å². The molecule has 1 aromatic heterocycles. The Balaban J connectivity index is 2.22. The predicted octanol–water partition coefficient (Wildman–Crippen LogP) is 3.69. The smallest absolute Gasteiger partial charge is 0.149 e. The largest absolute Gasteiger partial charge is 0.367 e. The molecule has 0 aliphatic carbocycles. The number of rotatable bonds is 3. The van der Waals surface area contributed by atoms with E-state index >= 15 is 0 Å². The molecule has 0 atom stereocenters. The van der Waals surface area contributed by atoms with Crippen LogP contribution in [0, 0.1) is 20.8 Å². The van der Waals surface area contributed by atoms with Gasteiger partial charge in [-0.15, -0.1) is 0 Å². The van der Waals surface area contributed by atoms with Crippen LogP contribution in [0.1, 0.15) is 22.6 Å². The lowest BCUT2D eigenvalue weighted by molar-refractivity contribution is 0.825. The molecule has 0 unspecified atom stereocenters. The number of aryl methyl sites for hydroxylation is 3. The second kappa shape index (κ2) is 5.57. The topological polar surface area (TPSA) is 29.0 Å². The SMILES string of the molecule is Cc1ccc(N(C)Cc2nc(C)cc(Cl)n2)c(C)c1. The first-order valence-electron chi connectivity index (χ1n) is 6.24. The molecule has 0 bridgehead atoms. The molecule has 0 fully saturated rings. The van der Waals surface area contributed by atoms with Crippen molar-refractivity contribution in [1.29, 1.82) is 0 Å². The first-order valence-corrected chi connectivity index (χ1v) is 6.62. The molecule has 0 aliphatic rings. The van der Waals surface area contributed by atoms with Gasteiger partial charge in [-0.1, -0.05) is 29.3 Å². The average Bonchev–Trinajstić information content (AvgIpc) is 2.26. The quantitative estimate of drug-likeness (QED) is 0.800. The van der Waals surface area contributed by atoms with Crippen molar-refractivity contribution < 1.29 is 0 Å². The van der Waals surface area contributed by atoms with Crippen LogP contribution in [0.4, 0.5) is 5.69 Å². The van der Waals surface area contributed by atoms with Crippen molar-refractivity contribution in [3.8, 4) is 0 Å². The fourth-order valence-electron chi connectivity index (χ4n) is 2.19. The Bertz CT molecular complexity index is 576. The second-order valence-corrected chi connectivity index (χ2v) is 5.28. The molecular weight excluding hydrogens is 258 g/mol. The van der Waals surface area contributed by atoms with Crippen LogP contribution in [-0.2, 0) is 6.54 Å². The Morgan fingerprint density at radius 3 is 2.47 bits per heavy atom. The van der Waals surface area contributed by atoms with E-state index in [0.717, 1.165) is 11.5 Å². The van der Waals surface area contributed by atoms with Crippen LogP contribution in [0.2, 0.25) is 5.15 Å². The molecule has 0 spiro atoms. The van der Waals surface area contributed by atoms with Crippen molar-refractivity contribution in [2.24, 2.45) is 0 Å². The van der Waals surface area contributed by atoms with Crippen LogP contribution in [0.5, 0.6) is 0 Å². The molecule has 0 radical (unpaired) electrons. The Morgan fingerprint density at radius 2 is 1.84 bits per heavy atom. The number of hydrogen-bond donors (Lipinski definition) is 0. The van der Waals surface area contributed by atoms with Crippen LogP contribution in [0.3, 0.4) is 0 Å². The summed E-state index contributed by atoms with van der Waals surface area (Å²) in [5.41, 5.74) is 4.60. The highest BCUT2D eigenvalue weighted by atomic mass is 35.5. The third-order valence-electron chi connectivity index (χ3n) is 3.01. The third-order valence-corrected chi connectivity index (χ3v) is 3.21. The molecular formula is C15H18ClN3. The lowest BCUT2D eigenvalue weighted by Gasteiger charge is -2.21. The molecule has 2 aromatic rings. The van der Waals surface area contributed by atoms with E-state index in [4.69, 9.17) is 11.6 Å². The molecule has 0 N–H and O–H groups in total. The lowest BCUT2D eigenvalue weighted by atomic mass is 10.1. The van der Waals surface area contributed by atoms with Crippen LogP contribution in [-0.4, -0.2) is 17.0 Å². The lowest BCUT2D eigenvalue weighted by Crippen LogP contribution is -2.19. The third kappa shape index (κ3) is 3.44. The Kier molecular flexibility index (Phi) is 4.05. The summed E-state index contributed by atoms with van der Waals surface area (Å²) in [6.45, 7) is 6.78. The minimum atomic E-state index is 0.497. The zero-order valence-corrected chi connectivity index (χ0v) is 12.5. The Labute approximate surface area is 119 Å². The highest BCUT2D eigenvalue weighted by molar-refractivity contribution is 6.29. The number of aromatic nitrogens is 2. The standard InChI is InChI=1S/C15H18ClN3/c1-10-5-6-13(11(2)7-10)19(4)9-15-17-12(3)8-14(16)18-15/h5-8H,9H2,1-4H3. The fraction of sp³-hybridized carbons (Fsp3) is 0.333. The zero-order chi connectivity index (χ0) is 14.0. The van der Waals surface area contributed by atoms with E-state index < -0.39 is 0 Å². The molecule has 1 heterocycles. The maximum Gasteiger partial charge on any atom is 0.149 e. The maximum atomic E-state index is 5.96. The monoisotopic (exact) mass is 275 g/mol. The Morgan fingerprint density at radius 1 is 1.11 bits per heavy atom. The van der Waals surface area contributed by atoms with Gasteiger partial charge in [0.1, 0.15) is 11.0 Å². The number of halogens is 1. The highest BCUT2D eigenvalue weighted by Gasteiger charge is 2.08. The molecule has 0 saturated heterocycles. The van der Waals surface area contributed by atoms with E-state index in [9.17, 15) is 0 Å². The van der Waals surface area contributed by atoms with Crippen LogP contribution < -0.4 is 4.90 Å². The van der Waals surface area contributed by atoms with Gasteiger partial charge in [-0.25, -0.2) is 9.97 Å². The van der Waals surface area contributed by atoms with Crippen LogP contribution in [0.25, 0.3) is 0 Å². The highest BCUT2D eigenvalue weighted by Crippen LogP contribution is 2.21. The molecule has 0 saturated carbocycles. The van der Waals surface area contributed by atoms with Gasteiger partial charge in [0.25, 0.3) is 0 Å². The van der Waals surface area contributed by atoms with Crippen molar-refractivity contribution >= 4 is 17.3 Å². The summed E-state index contributed by atoms with van der Waals surface area (Å²) in [5.74, 6) is 0.743. The molecule has 0 amide bonds. The second-order valence-electron chi connectivity index (χ2n) is 4.89. The zero-order valence-electron chi connectivity index (χ0n) is 11.7. The molecule has 3 nitrogen and oxygen atoms in total. The van der Waals surface area contributed by atoms with Gasteiger partial charge in [0.15, 0.2) is 0 Å². The van der Waals surface area contributed by atoms with Gasteiger partial charge in [0.05, 0.1) is 6.54 Å². The first-order chi connectivity index (χ1) is 8.95. The maximum absolute atomic E-state index is 5.96. The minimum absolute atomic E-state index is 0.497. The fourth-order valence-corrected chi connectivity index (χ4v) is 2.45. The first kappa shape index (κ1) is 13.8.